The highest BCUT2D eigenvalue weighted by atomic mass is 32.2. The van der Waals surface area contributed by atoms with Gasteiger partial charge in [0.25, 0.3) is 0 Å². The molecule has 1 aromatic heterocycles. The molecule has 1 saturated heterocycles. The molecular formula is C21H30N4O3S2. The second kappa shape index (κ2) is 8.80. The summed E-state index contributed by atoms with van der Waals surface area (Å²) in [6, 6.07) is 3.52. The van der Waals surface area contributed by atoms with Crippen LogP contribution in [0.15, 0.2) is 17.0 Å². The van der Waals surface area contributed by atoms with Gasteiger partial charge in [-0.1, -0.05) is 30.6 Å². The fraction of sp³-hybridized carbons (Fsp3) is 0.619. The Morgan fingerprint density at radius 2 is 1.67 bits per heavy atom. The predicted octanol–water partition coefficient (Wildman–Crippen LogP) is 3.72. The van der Waals surface area contributed by atoms with E-state index in [1.165, 1.54) is 39.2 Å². The first-order valence-electron chi connectivity index (χ1n) is 10.6. The average molecular weight is 451 g/mol. The standard InChI is InChI=1S/C21H30N4O3S2/c1-15-13-18(28-3)19(14-16(15)2)30(26,27)25-11-9-24(10-12-25)21-23-22-20(29-21)17-7-5-4-6-8-17/h13-14,17H,4-12H2,1-3H3. The maximum absolute atomic E-state index is 13.3. The molecule has 2 heterocycles. The van der Waals surface area contributed by atoms with Crippen molar-refractivity contribution in [1.29, 1.82) is 0 Å². The minimum absolute atomic E-state index is 0.247. The highest BCUT2D eigenvalue weighted by molar-refractivity contribution is 7.89. The monoisotopic (exact) mass is 450 g/mol. The Morgan fingerprint density at radius 1 is 1.00 bits per heavy atom. The number of aromatic nitrogens is 2. The summed E-state index contributed by atoms with van der Waals surface area (Å²) in [7, 11) is -2.10. The maximum Gasteiger partial charge on any atom is 0.246 e. The normalized spacial score (nSPS) is 19.2. The van der Waals surface area contributed by atoms with Crippen LogP contribution in [0.4, 0.5) is 5.13 Å². The molecule has 30 heavy (non-hydrogen) atoms. The second-order valence-corrected chi connectivity index (χ2v) is 11.1. The molecule has 0 spiro atoms. The molecular weight excluding hydrogens is 420 g/mol. The lowest BCUT2D eigenvalue weighted by Crippen LogP contribution is -2.48. The molecule has 0 unspecified atom stereocenters. The number of benzene rings is 1. The molecule has 1 aliphatic carbocycles. The summed E-state index contributed by atoms with van der Waals surface area (Å²) in [6.45, 7) is 5.96. The van der Waals surface area contributed by atoms with Crippen LogP contribution in [-0.2, 0) is 10.0 Å². The molecule has 0 bridgehead atoms. The van der Waals surface area contributed by atoms with Crippen LogP contribution in [0.25, 0.3) is 0 Å². The smallest absolute Gasteiger partial charge is 0.246 e. The van der Waals surface area contributed by atoms with Gasteiger partial charge in [-0.15, -0.1) is 10.2 Å². The first-order chi connectivity index (χ1) is 14.4. The van der Waals surface area contributed by atoms with E-state index >= 15 is 0 Å². The van der Waals surface area contributed by atoms with Crippen LogP contribution in [0.2, 0.25) is 0 Å². The summed E-state index contributed by atoms with van der Waals surface area (Å²) in [4.78, 5) is 2.41. The first kappa shape index (κ1) is 21.5. The van der Waals surface area contributed by atoms with Gasteiger partial charge in [0, 0.05) is 32.1 Å². The topological polar surface area (TPSA) is 75.6 Å². The Kier molecular flexibility index (Phi) is 6.31. The molecule has 9 heteroatoms. The number of aryl methyl sites for hydroxylation is 2. The molecule has 2 aliphatic rings. The average Bonchev–Trinajstić information content (AvgIpc) is 3.26. The van der Waals surface area contributed by atoms with E-state index in [4.69, 9.17) is 4.74 Å². The van der Waals surface area contributed by atoms with E-state index in [2.05, 4.69) is 15.1 Å². The van der Waals surface area contributed by atoms with E-state index in [0.717, 1.165) is 21.3 Å². The van der Waals surface area contributed by atoms with Crippen molar-refractivity contribution >= 4 is 26.5 Å². The number of rotatable bonds is 5. The Morgan fingerprint density at radius 3 is 2.33 bits per heavy atom. The lowest BCUT2D eigenvalue weighted by atomic mass is 9.90. The van der Waals surface area contributed by atoms with Gasteiger partial charge in [0.1, 0.15) is 15.7 Å². The van der Waals surface area contributed by atoms with Crippen LogP contribution in [0.1, 0.15) is 54.2 Å². The van der Waals surface area contributed by atoms with Crippen molar-refractivity contribution in [1.82, 2.24) is 14.5 Å². The third-order valence-corrected chi connectivity index (χ3v) is 9.36. The highest BCUT2D eigenvalue weighted by Crippen LogP contribution is 2.36. The largest absolute Gasteiger partial charge is 0.495 e. The minimum atomic E-state index is -3.61. The maximum atomic E-state index is 13.3. The highest BCUT2D eigenvalue weighted by Gasteiger charge is 2.32. The van der Waals surface area contributed by atoms with Gasteiger partial charge in [0.2, 0.25) is 15.2 Å². The first-order valence-corrected chi connectivity index (χ1v) is 12.9. The number of piperazine rings is 1. The summed E-state index contributed by atoms with van der Waals surface area (Å²) < 4.78 is 33.5. The minimum Gasteiger partial charge on any atom is -0.495 e. The van der Waals surface area contributed by atoms with Crippen LogP contribution in [0.3, 0.4) is 0 Å². The Bertz CT molecular complexity index is 992. The van der Waals surface area contributed by atoms with Gasteiger partial charge >= 0.3 is 0 Å². The van der Waals surface area contributed by atoms with Gasteiger partial charge in [-0.25, -0.2) is 8.42 Å². The van der Waals surface area contributed by atoms with Crippen molar-refractivity contribution in [2.45, 2.75) is 56.8 Å². The quantitative estimate of drug-likeness (QED) is 0.691. The van der Waals surface area contributed by atoms with Crippen LogP contribution >= 0.6 is 11.3 Å². The molecule has 2 fully saturated rings. The molecule has 1 aromatic carbocycles. The SMILES string of the molecule is COc1cc(C)c(C)cc1S(=O)(=O)N1CCN(c2nnc(C3CCCCC3)s2)CC1. The van der Waals surface area contributed by atoms with E-state index in [0.29, 0.717) is 37.8 Å². The molecule has 4 rings (SSSR count). The fourth-order valence-electron chi connectivity index (χ4n) is 4.25. The number of nitrogens with zero attached hydrogens (tertiary/aromatic N) is 4. The van der Waals surface area contributed by atoms with E-state index in [1.54, 1.807) is 27.8 Å². The van der Waals surface area contributed by atoms with Crippen LogP contribution < -0.4 is 9.64 Å². The predicted molar refractivity (Wildman–Crippen MR) is 119 cm³/mol. The number of ether oxygens (including phenoxy) is 1. The van der Waals surface area contributed by atoms with Crippen molar-refractivity contribution in [2.75, 3.05) is 38.2 Å². The van der Waals surface area contributed by atoms with Crippen molar-refractivity contribution in [2.24, 2.45) is 0 Å². The number of hydrogen-bond acceptors (Lipinski definition) is 7. The summed E-state index contributed by atoms with van der Waals surface area (Å²) in [5.41, 5.74) is 1.96. The van der Waals surface area contributed by atoms with E-state index in [1.807, 2.05) is 13.8 Å². The summed E-state index contributed by atoms with van der Waals surface area (Å²) in [5, 5.41) is 10.9. The van der Waals surface area contributed by atoms with Crippen molar-refractivity contribution in [3.05, 3.63) is 28.3 Å². The molecule has 164 valence electrons. The van der Waals surface area contributed by atoms with Crippen LogP contribution in [-0.4, -0.2) is 56.2 Å². The number of sulfonamides is 1. The van der Waals surface area contributed by atoms with Crippen molar-refractivity contribution < 1.29 is 13.2 Å². The summed E-state index contributed by atoms with van der Waals surface area (Å²) in [5.74, 6) is 0.950. The molecule has 0 N–H and O–H groups in total. The van der Waals surface area contributed by atoms with Crippen molar-refractivity contribution in [3.8, 4) is 5.75 Å². The number of methoxy groups -OCH3 is 1. The zero-order valence-corrected chi connectivity index (χ0v) is 19.6. The number of anilines is 1. The lowest BCUT2D eigenvalue weighted by molar-refractivity contribution is 0.374. The Labute approximate surface area is 183 Å². The molecule has 0 atom stereocenters. The van der Waals surface area contributed by atoms with Gasteiger partial charge < -0.3 is 9.64 Å². The van der Waals surface area contributed by atoms with Crippen LogP contribution in [0.5, 0.6) is 5.75 Å². The van der Waals surface area contributed by atoms with Gasteiger partial charge in [0.15, 0.2) is 0 Å². The van der Waals surface area contributed by atoms with Gasteiger partial charge in [0.05, 0.1) is 7.11 Å². The molecule has 2 aromatic rings. The molecule has 0 amide bonds. The van der Waals surface area contributed by atoms with Crippen LogP contribution in [0, 0.1) is 13.8 Å². The van der Waals surface area contributed by atoms with Gasteiger partial charge in [-0.3, -0.25) is 0 Å². The van der Waals surface area contributed by atoms with E-state index in [9.17, 15) is 8.42 Å². The summed E-state index contributed by atoms with van der Waals surface area (Å²) >= 11 is 1.68. The molecule has 7 nitrogen and oxygen atoms in total. The third kappa shape index (κ3) is 4.20. The zero-order chi connectivity index (χ0) is 21.3. The third-order valence-electron chi connectivity index (χ3n) is 6.29. The van der Waals surface area contributed by atoms with Crippen molar-refractivity contribution in [3.63, 3.8) is 0 Å². The molecule has 1 aliphatic heterocycles. The van der Waals surface area contributed by atoms with E-state index < -0.39 is 10.0 Å². The Balaban J connectivity index is 1.46. The summed E-state index contributed by atoms with van der Waals surface area (Å²) in [6.07, 6.45) is 6.29. The molecule has 1 saturated carbocycles. The second-order valence-electron chi connectivity index (χ2n) is 8.24. The fourth-order valence-corrected chi connectivity index (χ4v) is 6.96. The lowest BCUT2D eigenvalue weighted by Gasteiger charge is -2.33. The van der Waals surface area contributed by atoms with Gasteiger partial charge in [-0.2, -0.15) is 4.31 Å². The number of hydrogen-bond donors (Lipinski definition) is 0. The Hall–Kier alpha value is -1.71. The zero-order valence-electron chi connectivity index (χ0n) is 17.9. The van der Waals surface area contributed by atoms with E-state index in [-0.39, 0.29) is 4.90 Å². The molecule has 0 radical (unpaired) electrons. The van der Waals surface area contributed by atoms with Gasteiger partial charge in [-0.05, 0) is 49.9 Å².